The second-order valence-electron chi connectivity index (χ2n) is 12.1. The van der Waals surface area contributed by atoms with Crippen LogP contribution in [-0.2, 0) is 16.1 Å². The standard InChI is InChI=1S/C29H40O4/c1-19-5-7-21(8-6-19)18-33-28(31)16-15-26(3)22(17-28)9-10-23-24(26)11-13-27(4)25(23)12-14-29(27,32)20(2)30/h5-9,23-25,31-32H,10-18H2,1-4H3/t23-,24+,25+,26+,27+,28-,29+/m1/s1. The van der Waals surface area contributed by atoms with E-state index >= 15 is 0 Å². The molecule has 4 aliphatic carbocycles. The number of ether oxygens (including phenoxy) is 1. The molecule has 0 bridgehead atoms. The first kappa shape index (κ1) is 23.3. The Morgan fingerprint density at radius 3 is 2.42 bits per heavy atom. The van der Waals surface area contributed by atoms with Crippen molar-refractivity contribution < 1.29 is 19.7 Å². The lowest BCUT2D eigenvalue weighted by atomic mass is 9.46. The fourth-order valence-corrected chi connectivity index (χ4v) is 8.24. The first-order chi connectivity index (χ1) is 15.5. The summed E-state index contributed by atoms with van der Waals surface area (Å²) < 4.78 is 6.11. The summed E-state index contributed by atoms with van der Waals surface area (Å²) in [6, 6.07) is 8.30. The monoisotopic (exact) mass is 452 g/mol. The third kappa shape index (κ3) is 3.47. The van der Waals surface area contributed by atoms with Crippen molar-refractivity contribution in [2.24, 2.45) is 28.6 Å². The highest BCUT2D eigenvalue weighted by Crippen LogP contribution is 2.67. The number of ketones is 1. The van der Waals surface area contributed by atoms with Gasteiger partial charge < -0.3 is 14.9 Å². The van der Waals surface area contributed by atoms with Gasteiger partial charge in [-0.3, -0.25) is 4.79 Å². The molecule has 0 amide bonds. The van der Waals surface area contributed by atoms with E-state index in [0.29, 0.717) is 43.6 Å². The second-order valence-corrected chi connectivity index (χ2v) is 12.1. The van der Waals surface area contributed by atoms with Crippen LogP contribution >= 0.6 is 0 Å². The van der Waals surface area contributed by atoms with E-state index in [2.05, 4.69) is 51.1 Å². The highest BCUT2D eigenvalue weighted by molar-refractivity contribution is 5.86. The number of aryl methyl sites for hydroxylation is 1. The van der Waals surface area contributed by atoms with E-state index in [9.17, 15) is 15.0 Å². The van der Waals surface area contributed by atoms with Crippen LogP contribution in [-0.4, -0.2) is 27.4 Å². The first-order valence-corrected chi connectivity index (χ1v) is 12.9. The molecule has 1 aromatic rings. The Balaban J connectivity index is 1.34. The van der Waals surface area contributed by atoms with Gasteiger partial charge in [0.15, 0.2) is 11.6 Å². The number of fused-ring (bicyclic) bond motifs is 5. The van der Waals surface area contributed by atoms with Gasteiger partial charge in [-0.1, -0.05) is 55.3 Å². The molecule has 33 heavy (non-hydrogen) atoms. The van der Waals surface area contributed by atoms with Crippen molar-refractivity contribution in [3.8, 4) is 0 Å². The number of carbonyl (C=O) groups is 1. The average molecular weight is 453 g/mol. The van der Waals surface area contributed by atoms with Crippen molar-refractivity contribution in [3.05, 3.63) is 47.0 Å². The zero-order chi connectivity index (χ0) is 23.6. The minimum absolute atomic E-state index is 0.0577. The molecule has 0 heterocycles. The van der Waals surface area contributed by atoms with Gasteiger partial charge in [0.25, 0.3) is 0 Å². The predicted molar refractivity (Wildman–Crippen MR) is 128 cm³/mol. The maximum absolute atomic E-state index is 12.4. The Kier molecular flexibility index (Phi) is 5.47. The summed E-state index contributed by atoms with van der Waals surface area (Å²) in [6.45, 7) is 8.63. The van der Waals surface area contributed by atoms with Gasteiger partial charge in [-0.15, -0.1) is 0 Å². The van der Waals surface area contributed by atoms with Crippen molar-refractivity contribution in [2.75, 3.05) is 0 Å². The van der Waals surface area contributed by atoms with E-state index in [4.69, 9.17) is 4.74 Å². The van der Waals surface area contributed by atoms with Gasteiger partial charge in [-0.05, 0) is 81.1 Å². The fourth-order valence-electron chi connectivity index (χ4n) is 8.24. The highest BCUT2D eigenvalue weighted by atomic mass is 16.6. The van der Waals surface area contributed by atoms with Crippen molar-refractivity contribution >= 4 is 5.78 Å². The smallest absolute Gasteiger partial charge is 0.169 e. The molecule has 3 saturated carbocycles. The molecular formula is C29H40O4. The lowest BCUT2D eigenvalue weighted by Gasteiger charge is -2.59. The molecule has 4 nitrogen and oxygen atoms in total. The van der Waals surface area contributed by atoms with Crippen molar-refractivity contribution in [1.82, 2.24) is 0 Å². The molecule has 7 atom stereocenters. The number of allylic oxidation sites excluding steroid dienone is 1. The summed E-state index contributed by atoms with van der Waals surface area (Å²) in [7, 11) is 0. The summed E-state index contributed by atoms with van der Waals surface area (Å²) >= 11 is 0. The molecule has 0 aliphatic heterocycles. The minimum Gasteiger partial charge on any atom is -0.382 e. The molecule has 0 unspecified atom stereocenters. The first-order valence-electron chi connectivity index (χ1n) is 12.9. The Morgan fingerprint density at radius 2 is 1.73 bits per heavy atom. The molecule has 3 fully saturated rings. The molecule has 0 aromatic heterocycles. The third-order valence-corrected chi connectivity index (χ3v) is 10.5. The van der Waals surface area contributed by atoms with E-state index < -0.39 is 11.4 Å². The van der Waals surface area contributed by atoms with Gasteiger partial charge in [-0.25, -0.2) is 0 Å². The SMILES string of the molecule is CC(=O)[C@@]1(O)CC[C@H]2[C@@H]3CC=C4C[C@](O)(OCc5ccc(C)cc5)CC[C@]4(C)[C@H]3CC[C@@]21C. The third-order valence-electron chi connectivity index (χ3n) is 10.5. The molecule has 0 saturated heterocycles. The number of Topliss-reactive ketones (excluding diaryl/α,β-unsaturated/α-hetero) is 1. The number of aliphatic hydroxyl groups is 2. The fraction of sp³-hybridized carbons (Fsp3) is 0.690. The molecule has 180 valence electrons. The zero-order valence-electron chi connectivity index (χ0n) is 20.7. The predicted octanol–water partition coefficient (Wildman–Crippen LogP) is 5.48. The van der Waals surface area contributed by atoms with Crippen LogP contribution in [0.3, 0.4) is 0 Å². The average Bonchev–Trinajstić information content (AvgIpc) is 3.06. The number of hydrogen-bond acceptors (Lipinski definition) is 4. The Labute approximate surface area is 198 Å². The second kappa shape index (κ2) is 7.76. The summed E-state index contributed by atoms with van der Waals surface area (Å²) in [6.07, 6.45) is 9.01. The summed E-state index contributed by atoms with van der Waals surface area (Å²) in [5, 5.41) is 22.7. The van der Waals surface area contributed by atoms with Gasteiger partial charge in [-0.2, -0.15) is 0 Å². The molecule has 4 aliphatic rings. The van der Waals surface area contributed by atoms with Gasteiger partial charge in [0.1, 0.15) is 5.60 Å². The molecule has 4 heteroatoms. The topological polar surface area (TPSA) is 66.8 Å². The zero-order valence-corrected chi connectivity index (χ0v) is 20.7. The summed E-state index contributed by atoms with van der Waals surface area (Å²) in [4.78, 5) is 12.4. The van der Waals surface area contributed by atoms with E-state index in [1.54, 1.807) is 6.92 Å². The van der Waals surface area contributed by atoms with Gasteiger partial charge >= 0.3 is 0 Å². The summed E-state index contributed by atoms with van der Waals surface area (Å²) in [5.74, 6) is 0.280. The Morgan fingerprint density at radius 1 is 1.03 bits per heavy atom. The van der Waals surface area contributed by atoms with E-state index in [0.717, 1.165) is 37.7 Å². The van der Waals surface area contributed by atoms with Crippen LogP contribution in [0, 0.1) is 35.5 Å². The molecule has 0 radical (unpaired) electrons. The maximum atomic E-state index is 12.4. The Bertz CT molecular complexity index is 966. The lowest BCUT2D eigenvalue weighted by molar-refractivity contribution is -0.232. The van der Waals surface area contributed by atoms with Gasteiger partial charge in [0, 0.05) is 18.3 Å². The van der Waals surface area contributed by atoms with Crippen molar-refractivity contribution in [2.45, 2.75) is 97.1 Å². The van der Waals surface area contributed by atoms with Gasteiger partial charge in [0.2, 0.25) is 0 Å². The van der Waals surface area contributed by atoms with Crippen LogP contribution in [0.5, 0.6) is 0 Å². The molecule has 5 rings (SSSR count). The molecule has 2 N–H and O–H groups in total. The van der Waals surface area contributed by atoms with E-state index in [-0.39, 0.29) is 16.6 Å². The largest absolute Gasteiger partial charge is 0.382 e. The van der Waals surface area contributed by atoms with Crippen LogP contribution in [0.25, 0.3) is 0 Å². The number of rotatable bonds is 4. The minimum atomic E-state index is -1.16. The molecule has 1 aromatic carbocycles. The number of carbonyl (C=O) groups excluding carboxylic acids is 1. The van der Waals surface area contributed by atoms with Crippen molar-refractivity contribution in [3.63, 3.8) is 0 Å². The summed E-state index contributed by atoms with van der Waals surface area (Å²) in [5.41, 5.74) is 2.26. The van der Waals surface area contributed by atoms with E-state index in [1.807, 2.05) is 0 Å². The number of hydrogen-bond donors (Lipinski definition) is 2. The van der Waals surface area contributed by atoms with Crippen molar-refractivity contribution in [1.29, 1.82) is 0 Å². The quantitative estimate of drug-likeness (QED) is 0.469. The Hall–Kier alpha value is -1.49. The van der Waals surface area contributed by atoms with Crippen LogP contribution < -0.4 is 0 Å². The van der Waals surface area contributed by atoms with Gasteiger partial charge in [0.05, 0.1) is 6.61 Å². The maximum Gasteiger partial charge on any atom is 0.169 e. The van der Waals surface area contributed by atoms with E-state index in [1.165, 1.54) is 11.1 Å². The molecular weight excluding hydrogens is 412 g/mol. The van der Waals surface area contributed by atoms with Crippen LogP contribution in [0.4, 0.5) is 0 Å². The highest BCUT2D eigenvalue weighted by Gasteiger charge is 2.65. The number of benzene rings is 1. The molecule has 0 spiro atoms. The van der Waals surface area contributed by atoms with Crippen LogP contribution in [0.15, 0.2) is 35.9 Å². The van der Waals surface area contributed by atoms with Crippen LogP contribution in [0.2, 0.25) is 0 Å². The lowest BCUT2D eigenvalue weighted by Crippen LogP contribution is -2.57. The van der Waals surface area contributed by atoms with Crippen LogP contribution in [0.1, 0.15) is 83.3 Å². The normalized spacial score (nSPS) is 44.4.